The van der Waals surface area contributed by atoms with Crippen molar-refractivity contribution in [1.29, 1.82) is 0 Å². The molecule has 1 aromatic rings. The molecule has 0 unspecified atom stereocenters. The molecule has 3 heterocycles. The first-order valence-electron chi connectivity index (χ1n) is 10.2. The van der Waals surface area contributed by atoms with Crippen LogP contribution in [0.2, 0.25) is 0 Å². The smallest absolute Gasteiger partial charge is 0.290 e. The van der Waals surface area contributed by atoms with E-state index in [0.29, 0.717) is 18.6 Å². The number of carbonyl (C=O) groups is 2. The van der Waals surface area contributed by atoms with E-state index in [-0.39, 0.29) is 12.4 Å². The van der Waals surface area contributed by atoms with Crippen LogP contribution in [0.25, 0.3) is 0 Å². The van der Waals surface area contributed by atoms with Gasteiger partial charge in [0.1, 0.15) is 0 Å². The summed E-state index contributed by atoms with van der Waals surface area (Å²) in [7, 11) is 0. The summed E-state index contributed by atoms with van der Waals surface area (Å²) >= 11 is 0. The highest BCUT2D eigenvalue weighted by Gasteiger charge is 2.43. The second-order valence-corrected chi connectivity index (χ2v) is 8.19. The molecule has 0 bridgehead atoms. The largest absolute Gasteiger partial charge is 0.483 e. The predicted octanol–water partition coefficient (Wildman–Crippen LogP) is 1.02. The van der Waals surface area contributed by atoms with Gasteiger partial charge in [-0.15, -0.1) is 0 Å². The van der Waals surface area contributed by atoms with Crippen LogP contribution in [0.4, 0.5) is 0 Å². The van der Waals surface area contributed by atoms with Crippen LogP contribution >= 0.6 is 0 Å². The van der Waals surface area contributed by atoms with Gasteiger partial charge in [-0.25, -0.2) is 0 Å². The predicted molar refractivity (Wildman–Crippen MR) is 104 cm³/mol. The Hall–Kier alpha value is -1.96. The van der Waals surface area contributed by atoms with E-state index in [1.807, 2.05) is 0 Å². The molecule has 2 saturated heterocycles. The summed E-state index contributed by atoms with van der Waals surface area (Å²) in [6.45, 7) is 6.48. The third kappa shape index (κ3) is 4.21. The molecule has 3 fully saturated rings. The quantitative estimate of drug-likeness (QED) is 0.781. The highest BCUT2D eigenvalue weighted by atomic mass is 16.5. The Morgan fingerprint density at radius 3 is 2.46 bits per heavy atom. The van der Waals surface area contributed by atoms with Gasteiger partial charge in [-0.1, -0.05) is 24.3 Å². The number of piperazine rings is 1. The van der Waals surface area contributed by atoms with Crippen molar-refractivity contribution in [1.82, 2.24) is 14.7 Å². The molecule has 7 nitrogen and oxygen atoms in total. The van der Waals surface area contributed by atoms with Crippen LogP contribution in [-0.4, -0.2) is 83.7 Å². The van der Waals surface area contributed by atoms with E-state index in [2.05, 4.69) is 39.0 Å². The monoisotopic (exact) mass is 387 g/mol. The van der Waals surface area contributed by atoms with Crippen molar-refractivity contribution < 1.29 is 19.4 Å². The molecule has 152 valence electrons. The molecule has 1 amide bonds. The van der Waals surface area contributed by atoms with Gasteiger partial charge >= 0.3 is 0 Å². The van der Waals surface area contributed by atoms with Gasteiger partial charge in [0.2, 0.25) is 5.91 Å². The minimum atomic E-state index is -0.250. The van der Waals surface area contributed by atoms with Crippen molar-refractivity contribution >= 4 is 12.4 Å². The number of nitrogens with zero attached hydrogens (tertiary/aromatic N) is 3. The fourth-order valence-corrected chi connectivity index (χ4v) is 4.80. The average molecular weight is 387 g/mol. The summed E-state index contributed by atoms with van der Waals surface area (Å²) in [4.78, 5) is 28.2. The molecule has 3 aliphatic heterocycles. The summed E-state index contributed by atoms with van der Waals surface area (Å²) in [5, 5.41) is 6.89. The Morgan fingerprint density at radius 2 is 1.82 bits per heavy atom. The van der Waals surface area contributed by atoms with Crippen LogP contribution < -0.4 is 0 Å². The van der Waals surface area contributed by atoms with Gasteiger partial charge in [0.15, 0.2) is 0 Å². The highest BCUT2D eigenvalue weighted by Crippen LogP contribution is 2.38. The first kappa shape index (κ1) is 19.4. The molecule has 1 aromatic carbocycles. The molecule has 1 saturated carbocycles. The number of rotatable bonds is 3. The number of hydrogen-bond acceptors (Lipinski definition) is 5. The third-order valence-electron chi connectivity index (χ3n) is 6.34. The molecular weight excluding hydrogens is 358 g/mol. The summed E-state index contributed by atoms with van der Waals surface area (Å²) in [6, 6.07) is 9.52. The fraction of sp³-hybridized carbons (Fsp3) is 0.619. The molecule has 2 atom stereocenters. The topological polar surface area (TPSA) is 73.3 Å². The van der Waals surface area contributed by atoms with Crippen molar-refractivity contribution in [2.45, 2.75) is 38.0 Å². The molecular formula is C21H29N3O4. The normalized spacial score (nSPS) is 27.4. The fourth-order valence-electron chi connectivity index (χ4n) is 4.80. The van der Waals surface area contributed by atoms with Gasteiger partial charge in [0.25, 0.3) is 6.47 Å². The van der Waals surface area contributed by atoms with Crippen molar-refractivity contribution in [2.75, 3.05) is 39.4 Å². The van der Waals surface area contributed by atoms with Gasteiger partial charge in [0.05, 0.1) is 25.8 Å². The Labute approximate surface area is 165 Å². The van der Waals surface area contributed by atoms with Crippen LogP contribution in [0.3, 0.4) is 0 Å². The molecule has 0 aromatic heterocycles. The Balaban J connectivity index is 0.000000604. The molecule has 4 aliphatic rings. The zero-order valence-electron chi connectivity index (χ0n) is 16.2. The first-order valence-corrected chi connectivity index (χ1v) is 10.2. The number of carbonyl (C=O) groups excluding carboxylic acids is 1. The van der Waals surface area contributed by atoms with E-state index in [4.69, 9.17) is 14.6 Å². The molecule has 1 aliphatic carbocycles. The Bertz CT molecular complexity index is 684. The third-order valence-corrected chi connectivity index (χ3v) is 6.34. The van der Waals surface area contributed by atoms with Gasteiger partial charge in [-0.3, -0.25) is 19.4 Å². The maximum absolute atomic E-state index is 12.8. The van der Waals surface area contributed by atoms with Crippen LogP contribution in [0, 0.1) is 5.92 Å². The van der Waals surface area contributed by atoms with Crippen LogP contribution in [-0.2, 0) is 27.4 Å². The number of hydrogen-bond donors (Lipinski definition) is 1. The summed E-state index contributed by atoms with van der Waals surface area (Å²) in [5.74, 6) is 1.12. The molecule has 28 heavy (non-hydrogen) atoms. The first-order chi connectivity index (χ1) is 13.7. The van der Waals surface area contributed by atoms with Crippen LogP contribution in [0.5, 0.6) is 0 Å². The van der Waals surface area contributed by atoms with Crippen LogP contribution in [0.1, 0.15) is 24.0 Å². The standard InChI is InChI=1S/C20H27N3O2.CH2O2/c24-20(12-21-9-16-3-1-2-4-17(16)10-21)22-7-8-23-18(11-22)13-25-14-19(23)15-5-6-15;2-1-3/h1-4,15,18-19H,5-14H2;1H,(H,2,3)/t18-,19-;/m1./s1. The summed E-state index contributed by atoms with van der Waals surface area (Å²) in [5.41, 5.74) is 2.74. The zero-order valence-corrected chi connectivity index (χ0v) is 16.2. The second-order valence-electron chi connectivity index (χ2n) is 8.19. The lowest BCUT2D eigenvalue weighted by Gasteiger charge is -2.48. The number of morpholine rings is 1. The molecule has 0 spiro atoms. The van der Waals surface area contributed by atoms with E-state index in [9.17, 15) is 4.79 Å². The maximum Gasteiger partial charge on any atom is 0.290 e. The molecule has 1 N–H and O–H groups in total. The number of benzene rings is 1. The second kappa shape index (κ2) is 8.59. The van der Waals surface area contributed by atoms with Gasteiger partial charge < -0.3 is 14.7 Å². The molecule has 7 heteroatoms. The van der Waals surface area contributed by atoms with E-state index >= 15 is 0 Å². The number of fused-ring (bicyclic) bond motifs is 2. The number of amides is 1. The molecule has 0 radical (unpaired) electrons. The number of ether oxygens (including phenoxy) is 1. The SMILES string of the molecule is O=C(CN1Cc2ccccc2C1)N1CCN2[C@@H](COC[C@@H]2C2CC2)C1.O=CO. The maximum atomic E-state index is 12.8. The van der Waals surface area contributed by atoms with E-state index in [1.54, 1.807) is 0 Å². The van der Waals surface area contributed by atoms with Crippen LogP contribution in [0.15, 0.2) is 24.3 Å². The summed E-state index contributed by atoms with van der Waals surface area (Å²) < 4.78 is 5.87. The molecule has 5 rings (SSSR count). The van der Waals surface area contributed by atoms with Gasteiger partial charge in [0, 0.05) is 38.8 Å². The van der Waals surface area contributed by atoms with Crippen molar-refractivity contribution in [3.63, 3.8) is 0 Å². The van der Waals surface area contributed by atoms with Crippen molar-refractivity contribution in [3.8, 4) is 0 Å². The Kier molecular flexibility index (Phi) is 5.94. The van der Waals surface area contributed by atoms with E-state index < -0.39 is 0 Å². The van der Waals surface area contributed by atoms with Crippen molar-refractivity contribution in [2.24, 2.45) is 5.92 Å². The summed E-state index contributed by atoms with van der Waals surface area (Å²) in [6.07, 6.45) is 2.71. The van der Waals surface area contributed by atoms with Gasteiger partial charge in [-0.05, 0) is 29.9 Å². The number of carboxylic acid groups (broad SMARTS) is 1. The van der Waals surface area contributed by atoms with E-state index in [1.165, 1.54) is 24.0 Å². The minimum Gasteiger partial charge on any atom is -0.483 e. The highest BCUT2D eigenvalue weighted by molar-refractivity contribution is 5.78. The average Bonchev–Trinajstić information content (AvgIpc) is 3.47. The zero-order chi connectivity index (χ0) is 19.5. The van der Waals surface area contributed by atoms with Gasteiger partial charge in [-0.2, -0.15) is 0 Å². The lowest BCUT2D eigenvalue weighted by atomic mass is 10.0. The lowest BCUT2D eigenvalue weighted by Crippen LogP contribution is -2.63. The van der Waals surface area contributed by atoms with Crippen molar-refractivity contribution in [3.05, 3.63) is 35.4 Å². The lowest BCUT2D eigenvalue weighted by molar-refractivity contribution is -0.141. The van der Waals surface area contributed by atoms with E-state index in [0.717, 1.165) is 51.9 Å². The Morgan fingerprint density at radius 1 is 1.14 bits per heavy atom. The minimum absolute atomic E-state index is 0.250.